The summed E-state index contributed by atoms with van der Waals surface area (Å²) in [6.45, 7) is 8.53. The maximum atomic E-state index is 13.2. The van der Waals surface area contributed by atoms with Crippen LogP contribution in [-0.4, -0.2) is 65.5 Å². The molecule has 3 heterocycles. The molecular weight excluding hydrogens is 622 g/mol. The van der Waals surface area contributed by atoms with Crippen LogP contribution in [-0.2, 0) is 6.54 Å². The van der Waals surface area contributed by atoms with E-state index in [0.717, 1.165) is 71.9 Å². The fourth-order valence-corrected chi connectivity index (χ4v) is 7.54. The van der Waals surface area contributed by atoms with Crippen LogP contribution in [0.3, 0.4) is 0 Å². The third-order valence-corrected chi connectivity index (χ3v) is 9.85. The van der Waals surface area contributed by atoms with Gasteiger partial charge in [0.05, 0.1) is 16.4 Å². The first-order valence-corrected chi connectivity index (χ1v) is 17.6. The molecule has 0 saturated carbocycles. The van der Waals surface area contributed by atoms with Gasteiger partial charge < -0.3 is 20.1 Å². The minimum absolute atomic E-state index is 0.0166. The summed E-state index contributed by atoms with van der Waals surface area (Å²) in [5.41, 5.74) is 5.84. The molecule has 258 valence electrons. The van der Waals surface area contributed by atoms with Gasteiger partial charge in [0.15, 0.2) is 6.17 Å². The lowest BCUT2D eigenvalue weighted by atomic mass is 9.93. The SMILES string of the molecule is CN(C)CC(C)(C)CNC(=O)c1ccc2c(c1)=CN(c1ccc(CN3CCC(n4c(=O)[nH]c5ccccc54)CC3)cc1)C(c1ccccc1)N=2. The van der Waals surface area contributed by atoms with Crippen LogP contribution in [0.4, 0.5) is 5.69 Å². The zero-order valence-electron chi connectivity index (χ0n) is 29.5. The molecule has 1 amide bonds. The molecule has 2 aliphatic rings. The van der Waals surface area contributed by atoms with Crippen molar-refractivity contribution in [2.24, 2.45) is 10.4 Å². The van der Waals surface area contributed by atoms with Gasteiger partial charge in [-0.1, -0.05) is 68.4 Å². The van der Waals surface area contributed by atoms with Gasteiger partial charge >= 0.3 is 5.69 Å². The molecule has 9 heteroatoms. The summed E-state index contributed by atoms with van der Waals surface area (Å²) in [4.78, 5) is 41.0. The van der Waals surface area contributed by atoms with Gasteiger partial charge in [-0.05, 0) is 85.9 Å². The summed E-state index contributed by atoms with van der Waals surface area (Å²) in [5, 5.41) is 4.93. The van der Waals surface area contributed by atoms with Gasteiger partial charge in [-0.25, -0.2) is 4.79 Å². The number of hydrogen-bond acceptors (Lipinski definition) is 6. The Morgan fingerprint density at radius 3 is 2.40 bits per heavy atom. The molecule has 0 bridgehead atoms. The van der Waals surface area contributed by atoms with Crippen LogP contribution in [0, 0.1) is 5.41 Å². The molecule has 5 aromatic rings. The highest BCUT2D eigenvalue weighted by molar-refractivity contribution is 5.94. The number of imidazole rings is 1. The molecule has 1 fully saturated rings. The van der Waals surface area contributed by atoms with Gasteiger partial charge in [-0.2, -0.15) is 0 Å². The number of H-pyrrole nitrogens is 1. The second kappa shape index (κ2) is 14.1. The van der Waals surface area contributed by atoms with Crippen molar-refractivity contribution < 1.29 is 4.79 Å². The lowest BCUT2D eigenvalue weighted by Gasteiger charge is -2.33. The van der Waals surface area contributed by atoms with Gasteiger partial charge in [-0.3, -0.25) is 19.3 Å². The van der Waals surface area contributed by atoms with Crippen LogP contribution < -0.4 is 26.5 Å². The van der Waals surface area contributed by atoms with Crippen molar-refractivity contribution in [2.75, 3.05) is 45.2 Å². The highest BCUT2D eigenvalue weighted by Gasteiger charge is 2.25. The van der Waals surface area contributed by atoms with Gasteiger partial charge in [0, 0.05) is 61.4 Å². The Morgan fingerprint density at radius 1 is 0.940 bits per heavy atom. The summed E-state index contributed by atoms with van der Waals surface area (Å²) >= 11 is 0. The highest BCUT2D eigenvalue weighted by atomic mass is 16.2. The molecule has 0 radical (unpaired) electrons. The number of anilines is 1. The third kappa shape index (κ3) is 7.29. The Kier molecular flexibility index (Phi) is 9.44. The normalized spacial score (nSPS) is 17.0. The van der Waals surface area contributed by atoms with Gasteiger partial charge in [0.25, 0.3) is 5.91 Å². The van der Waals surface area contributed by atoms with Gasteiger partial charge in [0.2, 0.25) is 0 Å². The molecule has 1 atom stereocenters. The van der Waals surface area contributed by atoms with Crippen molar-refractivity contribution in [1.82, 2.24) is 24.7 Å². The van der Waals surface area contributed by atoms with E-state index in [9.17, 15) is 9.59 Å². The van der Waals surface area contributed by atoms with E-state index in [1.54, 1.807) is 0 Å². The molecule has 50 heavy (non-hydrogen) atoms. The number of carbonyl (C=O) groups is 1. The van der Waals surface area contributed by atoms with E-state index in [2.05, 4.69) is 95.5 Å². The highest BCUT2D eigenvalue weighted by Crippen LogP contribution is 2.31. The predicted molar refractivity (Wildman–Crippen MR) is 201 cm³/mol. The molecule has 0 spiro atoms. The number of aromatic nitrogens is 2. The lowest BCUT2D eigenvalue weighted by molar-refractivity contribution is 0.0929. The molecule has 0 aliphatic carbocycles. The number of amides is 1. The van der Waals surface area contributed by atoms with Crippen LogP contribution in [0.1, 0.15) is 60.4 Å². The number of carbonyl (C=O) groups excluding carboxylic acids is 1. The quantitative estimate of drug-likeness (QED) is 0.217. The number of hydrogen-bond donors (Lipinski definition) is 2. The molecule has 1 saturated heterocycles. The molecule has 7 rings (SSSR count). The third-order valence-electron chi connectivity index (χ3n) is 9.85. The summed E-state index contributed by atoms with van der Waals surface area (Å²) in [5.74, 6) is -0.0772. The van der Waals surface area contributed by atoms with E-state index < -0.39 is 0 Å². The van der Waals surface area contributed by atoms with E-state index in [1.807, 2.05) is 65.2 Å². The molecule has 1 unspecified atom stereocenters. The zero-order chi connectivity index (χ0) is 34.8. The fraction of sp³-hybridized carbons (Fsp3) is 0.341. The first kappa shape index (κ1) is 33.5. The number of aromatic amines is 1. The number of para-hydroxylation sites is 2. The Balaban J connectivity index is 1.07. The smallest absolute Gasteiger partial charge is 0.326 e. The van der Waals surface area contributed by atoms with Crippen molar-refractivity contribution >= 4 is 28.8 Å². The number of rotatable bonds is 10. The summed E-state index contributed by atoms with van der Waals surface area (Å²) in [6.07, 6.45) is 3.78. The topological polar surface area (TPSA) is 89.0 Å². The first-order valence-electron chi connectivity index (χ1n) is 17.6. The molecule has 9 nitrogen and oxygen atoms in total. The lowest BCUT2D eigenvalue weighted by Crippen LogP contribution is -2.41. The van der Waals surface area contributed by atoms with Crippen molar-refractivity contribution in [3.05, 3.63) is 135 Å². The molecule has 2 aliphatic heterocycles. The van der Waals surface area contributed by atoms with E-state index in [1.165, 1.54) is 5.56 Å². The second-order valence-corrected chi connectivity index (χ2v) is 14.8. The van der Waals surface area contributed by atoms with Crippen LogP contribution in [0.2, 0.25) is 0 Å². The predicted octanol–water partition coefficient (Wildman–Crippen LogP) is 5.06. The first-order chi connectivity index (χ1) is 24.1. The maximum Gasteiger partial charge on any atom is 0.326 e. The van der Waals surface area contributed by atoms with Crippen LogP contribution in [0.5, 0.6) is 0 Å². The van der Waals surface area contributed by atoms with Gasteiger partial charge in [0.1, 0.15) is 0 Å². The van der Waals surface area contributed by atoms with Crippen molar-refractivity contribution in [1.29, 1.82) is 0 Å². The minimum Gasteiger partial charge on any atom is -0.351 e. The van der Waals surface area contributed by atoms with E-state index in [0.29, 0.717) is 12.1 Å². The average molecular weight is 670 g/mol. The number of fused-ring (bicyclic) bond motifs is 2. The number of nitrogens with one attached hydrogen (secondary N) is 2. The number of nitrogens with zero attached hydrogens (tertiary/aromatic N) is 5. The van der Waals surface area contributed by atoms with Crippen molar-refractivity contribution in [3.63, 3.8) is 0 Å². The maximum absolute atomic E-state index is 13.2. The minimum atomic E-state index is -0.229. The standard InChI is InChI=1S/C41H47N7O2/c1-41(2,28-45(3)4)27-42-39(49)31-16-19-35-32(24-31)26-47(38(43-35)30-10-6-5-7-11-30)33-17-14-29(15-18-33)25-46-22-20-34(21-23-46)48-37-13-9-8-12-36(37)44-40(48)50/h5-19,24,26,34,38H,20-23,25,27-28H2,1-4H3,(H,42,49)(H,44,50). The van der Waals surface area contributed by atoms with Crippen molar-refractivity contribution in [3.8, 4) is 0 Å². The van der Waals surface area contributed by atoms with Gasteiger partial charge in [-0.15, -0.1) is 0 Å². The molecule has 1 aromatic heterocycles. The second-order valence-electron chi connectivity index (χ2n) is 14.8. The number of piperidine rings is 1. The van der Waals surface area contributed by atoms with Crippen molar-refractivity contribution in [2.45, 2.75) is 45.4 Å². The molecule has 2 N–H and O–H groups in total. The van der Waals surface area contributed by atoms with Crippen LogP contribution in [0.25, 0.3) is 17.2 Å². The van der Waals surface area contributed by atoms with E-state index in [-0.39, 0.29) is 29.2 Å². The van der Waals surface area contributed by atoms with Crippen LogP contribution >= 0.6 is 0 Å². The summed E-state index contributed by atoms with van der Waals surface area (Å²) in [7, 11) is 4.10. The fourth-order valence-electron chi connectivity index (χ4n) is 7.54. The Labute approximate surface area is 293 Å². The monoisotopic (exact) mass is 669 g/mol. The Bertz CT molecular complexity index is 2140. The summed E-state index contributed by atoms with van der Waals surface area (Å²) in [6, 6.07) is 33.0. The Morgan fingerprint density at radius 2 is 1.66 bits per heavy atom. The largest absolute Gasteiger partial charge is 0.351 e. The van der Waals surface area contributed by atoms with E-state index in [4.69, 9.17) is 4.99 Å². The average Bonchev–Trinajstić information content (AvgIpc) is 3.46. The Hall–Kier alpha value is -4.99. The van der Waals surface area contributed by atoms with E-state index >= 15 is 0 Å². The van der Waals surface area contributed by atoms with Crippen LogP contribution in [0.15, 0.2) is 107 Å². The summed E-state index contributed by atoms with van der Waals surface area (Å²) < 4.78 is 1.95. The molecular formula is C41H47N7O2. The number of benzene rings is 4. The zero-order valence-corrected chi connectivity index (χ0v) is 29.5. The molecule has 4 aromatic carbocycles. The number of likely N-dealkylation sites (tertiary alicyclic amines) is 1.